The van der Waals surface area contributed by atoms with E-state index in [0.29, 0.717) is 24.7 Å². The SMILES string of the molecule is Cc1cccc(N2CC(c3noc(-c4ccccc4C)n3)CC2=O)c1. The summed E-state index contributed by atoms with van der Waals surface area (Å²) in [5, 5.41) is 4.13. The molecule has 1 aliphatic rings. The van der Waals surface area contributed by atoms with Crippen LogP contribution in [-0.4, -0.2) is 22.6 Å². The van der Waals surface area contributed by atoms with E-state index in [0.717, 1.165) is 22.4 Å². The Labute approximate surface area is 146 Å². The van der Waals surface area contributed by atoms with Gasteiger partial charge in [-0.3, -0.25) is 4.79 Å². The van der Waals surface area contributed by atoms with Crippen molar-refractivity contribution in [2.75, 3.05) is 11.4 Å². The fourth-order valence-corrected chi connectivity index (χ4v) is 3.25. The molecule has 0 bridgehead atoms. The number of nitrogens with zero attached hydrogens (tertiary/aromatic N) is 3. The third kappa shape index (κ3) is 2.93. The van der Waals surface area contributed by atoms with Gasteiger partial charge in [0.15, 0.2) is 5.82 Å². The van der Waals surface area contributed by atoms with Gasteiger partial charge in [0.2, 0.25) is 5.91 Å². The van der Waals surface area contributed by atoms with Crippen LogP contribution in [0.15, 0.2) is 53.1 Å². The van der Waals surface area contributed by atoms with Crippen LogP contribution in [0, 0.1) is 13.8 Å². The average Bonchev–Trinajstić information content (AvgIpc) is 3.22. The summed E-state index contributed by atoms with van der Waals surface area (Å²) in [5.74, 6) is 1.16. The highest BCUT2D eigenvalue weighted by atomic mass is 16.5. The standard InChI is InChI=1S/C20H19N3O2/c1-13-6-5-8-16(10-13)23-12-15(11-18(23)24)19-21-20(25-22-19)17-9-4-3-7-14(17)2/h3-10,15H,11-12H2,1-2H3. The molecule has 0 radical (unpaired) electrons. The Bertz CT molecular complexity index is 932. The van der Waals surface area contributed by atoms with Crippen LogP contribution in [0.1, 0.15) is 29.3 Å². The Hall–Kier alpha value is -2.95. The molecule has 0 spiro atoms. The molecule has 4 rings (SSSR count). The van der Waals surface area contributed by atoms with E-state index in [1.807, 2.05) is 67.3 Å². The third-order valence-corrected chi connectivity index (χ3v) is 4.62. The summed E-state index contributed by atoms with van der Waals surface area (Å²) in [4.78, 5) is 18.8. The van der Waals surface area contributed by atoms with Crippen molar-refractivity contribution in [2.45, 2.75) is 26.2 Å². The fourth-order valence-electron chi connectivity index (χ4n) is 3.25. The summed E-state index contributed by atoms with van der Waals surface area (Å²) in [6, 6.07) is 15.9. The van der Waals surface area contributed by atoms with Gasteiger partial charge in [-0.1, -0.05) is 35.5 Å². The molecule has 1 unspecified atom stereocenters. The van der Waals surface area contributed by atoms with Gasteiger partial charge in [-0.2, -0.15) is 4.98 Å². The van der Waals surface area contributed by atoms with Gasteiger partial charge in [0.25, 0.3) is 5.89 Å². The number of hydrogen-bond acceptors (Lipinski definition) is 4. The molecule has 2 heterocycles. The van der Waals surface area contributed by atoms with Crippen molar-refractivity contribution >= 4 is 11.6 Å². The van der Waals surface area contributed by atoms with Gasteiger partial charge < -0.3 is 9.42 Å². The van der Waals surface area contributed by atoms with Crippen molar-refractivity contribution in [3.05, 3.63) is 65.5 Å². The lowest BCUT2D eigenvalue weighted by Crippen LogP contribution is -2.24. The predicted molar refractivity (Wildman–Crippen MR) is 95.4 cm³/mol. The van der Waals surface area contributed by atoms with Crippen molar-refractivity contribution < 1.29 is 9.32 Å². The quantitative estimate of drug-likeness (QED) is 0.730. The molecule has 126 valence electrons. The Balaban J connectivity index is 1.58. The number of anilines is 1. The molecule has 0 aliphatic carbocycles. The Morgan fingerprint density at radius 3 is 2.76 bits per heavy atom. The molecular weight excluding hydrogens is 314 g/mol. The van der Waals surface area contributed by atoms with Crippen LogP contribution in [0.2, 0.25) is 0 Å². The smallest absolute Gasteiger partial charge is 0.258 e. The molecule has 1 saturated heterocycles. The minimum Gasteiger partial charge on any atom is -0.334 e. The Kier molecular flexibility index (Phi) is 3.84. The maximum Gasteiger partial charge on any atom is 0.258 e. The predicted octanol–water partition coefficient (Wildman–Crippen LogP) is 3.87. The summed E-state index contributed by atoms with van der Waals surface area (Å²) in [6.45, 7) is 4.61. The zero-order valence-corrected chi connectivity index (χ0v) is 14.3. The van der Waals surface area contributed by atoms with Crippen LogP contribution in [0.4, 0.5) is 5.69 Å². The summed E-state index contributed by atoms with van der Waals surface area (Å²) in [7, 11) is 0. The van der Waals surface area contributed by atoms with E-state index >= 15 is 0 Å². The van der Waals surface area contributed by atoms with Crippen molar-refractivity contribution in [1.29, 1.82) is 0 Å². The third-order valence-electron chi connectivity index (χ3n) is 4.62. The van der Waals surface area contributed by atoms with E-state index in [1.165, 1.54) is 0 Å². The van der Waals surface area contributed by atoms with Crippen molar-refractivity contribution in [1.82, 2.24) is 10.1 Å². The Morgan fingerprint density at radius 2 is 1.96 bits per heavy atom. The molecule has 1 amide bonds. The van der Waals surface area contributed by atoms with Gasteiger partial charge in [0.1, 0.15) is 0 Å². The monoisotopic (exact) mass is 333 g/mol. The average molecular weight is 333 g/mol. The number of carbonyl (C=O) groups excluding carboxylic acids is 1. The lowest BCUT2D eigenvalue weighted by Gasteiger charge is -2.16. The number of benzene rings is 2. The van der Waals surface area contributed by atoms with Crippen molar-refractivity contribution in [3.63, 3.8) is 0 Å². The second-order valence-corrected chi connectivity index (χ2v) is 6.52. The van der Waals surface area contributed by atoms with E-state index in [-0.39, 0.29) is 11.8 Å². The molecule has 2 aromatic carbocycles. The molecule has 1 aromatic heterocycles. The lowest BCUT2D eigenvalue weighted by atomic mass is 10.1. The first-order chi connectivity index (χ1) is 12.1. The topological polar surface area (TPSA) is 59.2 Å². The van der Waals surface area contributed by atoms with Crippen LogP contribution >= 0.6 is 0 Å². The number of aromatic nitrogens is 2. The summed E-state index contributed by atoms with van der Waals surface area (Å²) in [5.41, 5.74) is 4.08. The molecular formula is C20H19N3O2. The number of rotatable bonds is 3. The van der Waals surface area contributed by atoms with Crippen LogP contribution in [0.25, 0.3) is 11.5 Å². The minimum atomic E-state index is -0.0467. The highest BCUT2D eigenvalue weighted by molar-refractivity contribution is 5.96. The number of hydrogen-bond donors (Lipinski definition) is 0. The van der Waals surface area contributed by atoms with Crippen LogP contribution in [-0.2, 0) is 4.79 Å². The van der Waals surface area contributed by atoms with Gasteiger partial charge in [-0.25, -0.2) is 0 Å². The van der Waals surface area contributed by atoms with E-state index in [1.54, 1.807) is 0 Å². The highest BCUT2D eigenvalue weighted by Crippen LogP contribution is 2.32. The summed E-state index contributed by atoms with van der Waals surface area (Å²) >= 11 is 0. The zero-order valence-electron chi connectivity index (χ0n) is 14.3. The molecule has 25 heavy (non-hydrogen) atoms. The van der Waals surface area contributed by atoms with Crippen LogP contribution in [0.3, 0.4) is 0 Å². The summed E-state index contributed by atoms with van der Waals surface area (Å²) in [6.07, 6.45) is 0.403. The minimum absolute atomic E-state index is 0.0467. The van der Waals surface area contributed by atoms with E-state index in [9.17, 15) is 4.79 Å². The first-order valence-corrected chi connectivity index (χ1v) is 8.38. The number of aryl methyl sites for hydroxylation is 2. The maximum atomic E-state index is 12.4. The van der Waals surface area contributed by atoms with Crippen molar-refractivity contribution in [2.24, 2.45) is 0 Å². The molecule has 1 atom stereocenters. The summed E-state index contributed by atoms with van der Waals surface area (Å²) < 4.78 is 5.45. The number of carbonyl (C=O) groups is 1. The number of amides is 1. The Morgan fingerprint density at radius 1 is 1.12 bits per heavy atom. The first-order valence-electron chi connectivity index (χ1n) is 8.38. The van der Waals surface area contributed by atoms with Gasteiger partial charge in [0, 0.05) is 30.1 Å². The largest absolute Gasteiger partial charge is 0.334 e. The van der Waals surface area contributed by atoms with E-state index < -0.39 is 0 Å². The molecule has 0 N–H and O–H groups in total. The van der Waals surface area contributed by atoms with Crippen molar-refractivity contribution in [3.8, 4) is 11.5 Å². The molecule has 5 heteroatoms. The van der Waals surface area contributed by atoms with Gasteiger partial charge in [-0.15, -0.1) is 0 Å². The zero-order chi connectivity index (χ0) is 17.4. The van der Waals surface area contributed by atoms with Gasteiger partial charge in [-0.05, 0) is 43.2 Å². The molecule has 0 saturated carbocycles. The van der Waals surface area contributed by atoms with Gasteiger partial charge >= 0.3 is 0 Å². The normalized spacial score (nSPS) is 17.3. The second-order valence-electron chi connectivity index (χ2n) is 6.52. The molecule has 5 nitrogen and oxygen atoms in total. The molecule has 1 fully saturated rings. The fraction of sp³-hybridized carbons (Fsp3) is 0.250. The van der Waals surface area contributed by atoms with E-state index in [2.05, 4.69) is 10.1 Å². The van der Waals surface area contributed by atoms with Gasteiger partial charge in [0.05, 0.1) is 0 Å². The second kappa shape index (κ2) is 6.16. The molecule has 3 aromatic rings. The van der Waals surface area contributed by atoms with E-state index in [4.69, 9.17) is 4.52 Å². The highest BCUT2D eigenvalue weighted by Gasteiger charge is 2.34. The van der Waals surface area contributed by atoms with Crippen LogP contribution < -0.4 is 4.90 Å². The van der Waals surface area contributed by atoms with Crippen LogP contribution in [0.5, 0.6) is 0 Å². The lowest BCUT2D eigenvalue weighted by molar-refractivity contribution is -0.117. The molecule has 1 aliphatic heterocycles. The first kappa shape index (κ1) is 15.6. The maximum absolute atomic E-state index is 12.4.